The molecular weight excluding hydrogens is 794 g/mol. The van der Waals surface area contributed by atoms with Gasteiger partial charge in [-0.05, 0) is 85.2 Å². The van der Waals surface area contributed by atoms with Crippen LogP contribution in [0.25, 0.3) is 0 Å². The van der Waals surface area contributed by atoms with E-state index in [1.54, 1.807) is 24.3 Å². The van der Waals surface area contributed by atoms with Crippen molar-refractivity contribution < 1.29 is 28.7 Å². The lowest BCUT2D eigenvalue weighted by atomic mass is 9.49. The number of anilines is 2. The Kier molecular flexibility index (Phi) is 9.31. The van der Waals surface area contributed by atoms with E-state index in [4.69, 9.17) is 16.3 Å². The fourth-order valence-corrected chi connectivity index (χ4v) is 12.7. The molecule has 1 N–H and O–H groups in total. The molecule has 5 fully saturated rings. The summed E-state index contributed by atoms with van der Waals surface area (Å²) in [6, 6.07) is 18.5. The van der Waals surface area contributed by atoms with Crippen LogP contribution in [0.5, 0.6) is 5.75 Å². The number of nitrogens with one attached hydrogen (secondary N) is 1. The molecule has 0 aromatic heterocycles. The van der Waals surface area contributed by atoms with Crippen molar-refractivity contribution in [3.63, 3.8) is 0 Å². The molecule has 2 aliphatic carbocycles. The molecule has 3 atom stereocenters. The number of carbonyl (C=O) groups is 5. The van der Waals surface area contributed by atoms with Crippen molar-refractivity contribution in [2.24, 2.45) is 22.7 Å². The Labute approximate surface area is 360 Å². The summed E-state index contributed by atoms with van der Waals surface area (Å²) in [5.74, 6) is -0.157. The minimum Gasteiger partial charge on any atom is -0.489 e. The SMILES string of the molecule is CC1(C)C(Oc2ccc(C#N)c(Cl)c2)C(C)(C)C1N1Cc2cc(N3CCN(C4CC5CN(c6ccc7c(c6)C(=O)N(C6CCC(=O)NC6=O)C7=O)CC5C4)CC3)ccc2C1=O. The summed E-state index contributed by atoms with van der Waals surface area (Å²) in [5.41, 5.74) is 4.31. The van der Waals surface area contributed by atoms with Crippen molar-refractivity contribution in [3.8, 4) is 11.8 Å². The fraction of sp³-hybridized carbons (Fsp3) is 0.489. The molecule has 2 saturated carbocycles. The fourth-order valence-electron chi connectivity index (χ4n) is 12.5. The lowest BCUT2D eigenvalue weighted by Gasteiger charge is -2.65. The number of hydrogen-bond acceptors (Lipinski definition) is 10. The van der Waals surface area contributed by atoms with Gasteiger partial charge in [-0.3, -0.25) is 39.1 Å². The van der Waals surface area contributed by atoms with Crippen molar-refractivity contribution in [2.45, 2.75) is 84.2 Å². The maximum atomic E-state index is 14.0. The molecule has 0 bridgehead atoms. The molecule has 3 saturated heterocycles. The van der Waals surface area contributed by atoms with Crippen LogP contribution >= 0.6 is 11.6 Å². The largest absolute Gasteiger partial charge is 0.489 e. The van der Waals surface area contributed by atoms with Gasteiger partial charge >= 0.3 is 0 Å². The average molecular weight is 844 g/mol. The number of amides is 5. The lowest BCUT2D eigenvalue weighted by Crippen LogP contribution is -2.74. The first-order chi connectivity index (χ1) is 29.1. The number of nitriles is 1. The van der Waals surface area contributed by atoms with Gasteiger partial charge in [0.2, 0.25) is 11.8 Å². The van der Waals surface area contributed by atoms with Gasteiger partial charge in [-0.1, -0.05) is 39.3 Å². The summed E-state index contributed by atoms with van der Waals surface area (Å²) in [5, 5.41) is 11.9. The van der Waals surface area contributed by atoms with Gasteiger partial charge in [0.25, 0.3) is 17.7 Å². The summed E-state index contributed by atoms with van der Waals surface area (Å²) in [6.45, 7) is 14.8. The third-order valence-electron chi connectivity index (χ3n) is 15.0. The van der Waals surface area contributed by atoms with Crippen molar-refractivity contribution >= 4 is 52.5 Å². The molecular formula is C47H50ClN7O6. The molecule has 3 aromatic carbocycles. The van der Waals surface area contributed by atoms with Crippen LogP contribution in [0.1, 0.15) is 95.6 Å². The van der Waals surface area contributed by atoms with Crippen LogP contribution in [0.2, 0.25) is 5.02 Å². The second-order valence-electron chi connectivity index (χ2n) is 19.3. The van der Waals surface area contributed by atoms with Crippen molar-refractivity contribution in [3.05, 3.63) is 87.4 Å². The molecule has 3 unspecified atom stereocenters. The monoisotopic (exact) mass is 843 g/mol. The number of halogens is 1. The van der Waals surface area contributed by atoms with Gasteiger partial charge in [-0.2, -0.15) is 5.26 Å². The molecule has 3 aromatic rings. The van der Waals surface area contributed by atoms with Gasteiger partial charge in [0.15, 0.2) is 0 Å². The van der Waals surface area contributed by atoms with Crippen molar-refractivity contribution in [2.75, 3.05) is 49.1 Å². The second kappa shape index (κ2) is 14.3. The summed E-state index contributed by atoms with van der Waals surface area (Å²) >= 11 is 6.32. The minimum atomic E-state index is -0.971. The first-order valence-electron chi connectivity index (χ1n) is 21.5. The van der Waals surface area contributed by atoms with Crippen molar-refractivity contribution in [1.29, 1.82) is 5.26 Å². The summed E-state index contributed by atoms with van der Waals surface area (Å²) < 4.78 is 6.51. The van der Waals surface area contributed by atoms with Crippen LogP contribution in [-0.2, 0) is 16.1 Å². The molecule has 0 spiro atoms. The number of fused-ring (bicyclic) bond motifs is 3. The van der Waals surface area contributed by atoms with E-state index < -0.39 is 23.8 Å². The Bertz CT molecular complexity index is 2420. The topological polar surface area (TPSA) is 147 Å². The predicted octanol–water partition coefficient (Wildman–Crippen LogP) is 5.49. The second-order valence-corrected chi connectivity index (χ2v) is 19.7. The average Bonchev–Trinajstić information content (AvgIpc) is 3.97. The zero-order valence-corrected chi connectivity index (χ0v) is 35.7. The van der Waals surface area contributed by atoms with Gasteiger partial charge in [-0.15, -0.1) is 0 Å². The zero-order valence-electron chi connectivity index (χ0n) is 34.9. The number of hydrogen-bond donors (Lipinski definition) is 1. The van der Waals surface area contributed by atoms with E-state index in [9.17, 15) is 29.2 Å². The number of nitrogens with zero attached hydrogens (tertiary/aromatic N) is 6. The molecule has 5 heterocycles. The van der Waals surface area contributed by atoms with Gasteiger partial charge in [0, 0.05) is 98.2 Å². The highest BCUT2D eigenvalue weighted by atomic mass is 35.5. The number of ether oxygens (including phenoxy) is 1. The first kappa shape index (κ1) is 39.7. The highest BCUT2D eigenvalue weighted by Gasteiger charge is 2.67. The Morgan fingerprint density at radius 2 is 1.43 bits per heavy atom. The quantitative estimate of drug-likeness (QED) is 0.303. The van der Waals surface area contributed by atoms with Gasteiger partial charge in [-0.25, -0.2) is 0 Å². The third kappa shape index (κ3) is 6.31. The minimum absolute atomic E-state index is 0.0372. The number of piperidine rings is 1. The highest BCUT2D eigenvalue weighted by Crippen LogP contribution is 2.59. The standard InChI is InChI=1S/C47H50ClN7O6/c1-46(2)44(47(3,4)45(46)61-33-8-5-26(22-49)37(48)21-33)54-25-29-19-30(6-9-34(29)41(54)58)51-13-15-52(16-14-51)32-17-27-23-53(24-28(27)18-32)31-7-10-35-36(20-31)43(60)55(42(35)59)38-11-12-39(56)50-40(38)57/h5-10,19-21,27-28,32,38,44-45H,11-18,23-25H2,1-4H3,(H,50,56,57). The molecule has 5 aliphatic heterocycles. The maximum absolute atomic E-state index is 14.0. The Hall–Kier alpha value is -5.45. The highest BCUT2D eigenvalue weighted by molar-refractivity contribution is 6.31. The van der Waals surface area contributed by atoms with Gasteiger partial charge in [0.1, 0.15) is 24.0 Å². The van der Waals surface area contributed by atoms with Crippen LogP contribution < -0.4 is 19.9 Å². The Morgan fingerprint density at radius 3 is 2.08 bits per heavy atom. The number of piperazine rings is 1. The maximum Gasteiger partial charge on any atom is 0.262 e. The summed E-state index contributed by atoms with van der Waals surface area (Å²) in [4.78, 5) is 75.3. The molecule has 10 rings (SSSR count). The zero-order chi connectivity index (χ0) is 42.7. The van der Waals surface area contributed by atoms with E-state index in [-0.39, 0.29) is 47.6 Å². The van der Waals surface area contributed by atoms with E-state index in [0.717, 1.165) is 79.5 Å². The van der Waals surface area contributed by atoms with Crippen LogP contribution in [0.15, 0.2) is 54.6 Å². The molecule has 5 amide bonds. The van der Waals surface area contributed by atoms with E-state index >= 15 is 0 Å². The van der Waals surface area contributed by atoms with E-state index in [2.05, 4.69) is 65.9 Å². The summed E-state index contributed by atoms with van der Waals surface area (Å²) in [6.07, 6.45) is 2.33. The number of imide groups is 2. The third-order valence-corrected chi connectivity index (χ3v) is 15.3. The van der Waals surface area contributed by atoms with Gasteiger partial charge in [0.05, 0.1) is 21.7 Å². The summed E-state index contributed by atoms with van der Waals surface area (Å²) in [7, 11) is 0. The molecule has 316 valence electrons. The molecule has 13 nitrogen and oxygen atoms in total. The predicted molar refractivity (Wildman–Crippen MR) is 227 cm³/mol. The first-order valence-corrected chi connectivity index (χ1v) is 21.9. The van der Waals surface area contributed by atoms with Crippen LogP contribution in [0, 0.1) is 34.0 Å². The number of rotatable bonds is 7. The number of benzene rings is 3. The van der Waals surface area contributed by atoms with E-state index in [0.29, 0.717) is 51.9 Å². The molecule has 7 aliphatic rings. The molecule has 0 radical (unpaired) electrons. The van der Waals surface area contributed by atoms with Crippen LogP contribution in [-0.4, -0.2) is 108 Å². The normalized spacial score (nSPS) is 29.0. The van der Waals surface area contributed by atoms with Crippen LogP contribution in [0.3, 0.4) is 0 Å². The molecule has 61 heavy (non-hydrogen) atoms. The Balaban J connectivity index is 0.733. The smallest absolute Gasteiger partial charge is 0.262 e. The Morgan fingerprint density at radius 1 is 0.770 bits per heavy atom. The lowest BCUT2D eigenvalue weighted by molar-refractivity contribution is -0.199. The number of carbonyl (C=O) groups excluding carboxylic acids is 5. The van der Waals surface area contributed by atoms with Crippen LogP contribution in [0.4, 0.5) is 11.4 Å². The van der Waals surface area contributed by atoms with Gasteiger partial charge < -0.3 is 19.4 Å². The molecule has 14 heteroatoms. The van der Waals surface area contributed by atoms with E-state index in [1.807, 2.05) is 23.1 Å². The van der Waals surface area contributed by atoms with E-state index in [1.165, 1.54) is 0 Å². The van der Waals surface area contributed by atoms with Crippen molar-refractivity contribution in [1.82, 2.24) is 20.0 Å².